The van der Waals surface area contributed by atoms with Crippen LogP contribution in [0.3, 0.4) is 0 Å². The summed E-state index contributed by atoms with van der Waals surface area (Å²) >= 11 is 6.10. The second kappa shape index (κ2) is 10.1. The summed E-state index contributed by atoms with van der Waals surface area (Å²) < 4.78 is 4.67. The van der Waals surface area contributed by atoms with E-state index in [1.165, 1.54) is 55.5 Å². The molecule has 0 radical (unpaired) electrons. The highest BCUT2D eigenvalue weighted by Crippen LogP contribution is 2.24. The minimum Gasteiger partial charge on any atom is -0.465 e. The number of ether oxygens (including phenoxy) is 1. The molecule has 0 saturated heterocycles. The third-order valence-corrected chi connectivity index (χ3v) is 4.86. The van der Waals surface area contributed by atoms with Crippen LogP contribution in [-0.2, 0) is 14.3 Å². The first kappa shape index (κ1) is 21.0. The van der Waals surface area contributed by atoms with Crippen LogP contribution >= 0.6 is 11.6 Å². The smallest absolute Gasteiger partial charge is 0.337 e. The van der Waals surface area contributed by atoms with Gasteiger partial charge in [0.25, 0.3) is 0 Å². The Morgan fingerprint density at radius 2 is 2.04 bits per heavy atom. The lowest BCUT2D eigenvalue weighted by atomic mass is 9.97. The Labute approximate surface area is 164 Å². The third-order valence-electron chi connectivity index (χ3n) is 4.53. The van der Waals surface area contributed by atoms with E-state index in [0.29, 0.717) is 17.3 Å². The van der Waals surface area contributed by atoms with Crippen molar-refractivity contribution >= 4 is 35.1 Å². The van der Waals surface area contributed by atoms with Crippen LogP contribution in [0.5, 0.6) is 0 Å². The molecule has 7 heteroatoms. The van der Waals surface area contributed by atoms with E-state index >= 15 is 0 Å². The summed E-state index contributed by atoms with van der Waals surface area (Å²) in [6.45, 7) is 1.89. The summed E-state index contributed by atoms with van der Waals surface area (Å²) in [7, 11) is 1.28. The first-order valence-electron chi connectivity index (χ1n) is 9.02. The van der Waals surface area contributed by atoms with Gasteiger partial charge in [-0.1, -0.05) is 23.3 Å². The minimum atomic E-state index is -0.520. The summed E-state index contributed by atoms with van der Waals surface area (Å²) in [5, 5.41) is 2.97. The maximum absolute atomic E-state index is 12.4. The van der Waals surface area contributed by atoms with Gasteiger partial charge in [0, 0.05) is 13.5 Å². The third kappa shape index (κ3) is 6.40. The van der Waals surface area contributed by atoms with Gasteiger partial charge in [0.2, 0.25) is 11.8 Å². The second-order valence-corrected chi connectivity index (χ2v) is 6.94. The Kier molecular flexibility index (Phi) is 7.85. The molecule has 0 unspecified atom stereocenters. The molecule has 0 aromatic heterocycles. The number of anilines is 1. The Morgan fingerprint density at radius 3 is 2.67 bits per heavy atom. The van der Waals surface area contributed by atoms with Crippen molar-refractivity contribution < 1.29 is 19.1 Å². The number of allylic oxidation sites excluding steroid dienone is 1. The second-order valence-electron chi connectivity index (χ2n) is 6.53. The molecule has 0 aliphatic heterocycles. The zero-order valence-corrected chi connectivity index (χ0v) is 16.5. The average molecular weight is 393 g/mol. The van der Waals surface area contributed by atoms with Crippen molar-refractivity contribution in [2.45, 2.75) is 39.0 Å². The van der Waals surface area contributed by atoms with Crippen LogP contribution in [0.2, 0.25) is 5.02 Å². The first-order chi connectivity index (χ1) is 12.9. The van der Waals surface area contributed by atoms with E-state index < -0.39 is 5.97 Å². The fourth-order valence-electron chi connectivity index (χ4n) is 2.99. The van der Waals surface area contributed by atoms with Gasteiger partial charge in [-0.25, -0.2) is 4.79 Å². The van der Waals surface area contributed by atoms with E-state index in [-0.39, 0.29) is 23.9 Å². The molecular weight excluding hydrogens is 368 g/mol. The number of nitrogens with one attached hydrogen (secondary N) is 1. The Bertz CT molecular complexity index is 745. The maximum Gasteiger partial charge on any atom is 0.337 e. The number of hydrogen-bond donors (Lipinski definition) is 1. The highest BCUT2D eigenvalue weighted by Gasteiger charge is 2.17. The van der Waals surface area contributed by atoms with E-state index in [9.17, 15) is 14.4 Å². The standard InChI is InChI=1S/C20H25ClN2O4/c1-14(24)23(11-10-15-6-4-3-5-7-15)13-19(25)22-18-12-16(20(26)27-2)8-9-17(18)21/h6,8-9,12H,3-5,7,10-11,13H2,1-2H3,(H,22,25). The van der Waals surface area contributed by atoms with Gasteiger partial charge in [0.05, 0.1) is 29.9 Å². The fraction of sp³-hybridized carbons (Fsp3) is 0.450. The number of nitrogens with zero attached hydrogens (tertiary/aromatic N) is 1. The van der Waals surface area contributed by atoms with Crippen LogP contribution in [-0.4, -0.2) is 42.9 Å². The summed E-state index contributed by atoms with van der Waals surface area (Å²) in [5.74, 6) is -1.05. The molecule has 1 aromatic carbocycles. The number of carbonyl (C=O) groups excluding carboxylic acids is 3. The highest BCUT2D eigenvalue weighted by molar-refractivity contribution is 6.33. The molecule has 0 spiro atoms. The zero-order valence-electron chi connectivity index (χ0n) is 15.7. The predicted octanol–water partition coefficient (Wildman–Crippen LogP) is 3.80. The number of benzene rings is 1. The van der Waals surface area contributed by atoms with Gasteiger partial charge in [0.15, 0.2) is 0 Å². The topological polar surface area (TPSA) is 75.7 Å². The molecule has 1 N–H and O–H groups in total. The zero-order chi connectivity index (χ0) is 19.8. The van der Waals surface area contributed by atoms with Crippen LogP contribution in [0, 0.1) is 0 Å². The molecule has 1 aromatic rings. The van der Waals surface area contributed by atoms with Gasteiger partial charge in [-0.05, 0) is 50.3 Å². The van der Waals surface area contributed by atoms with E-state index in [1.54, 1.807) is 0 Å². The molecule has 0 atom stereocenters. The average Bonchev–Trinajstić information content (AvgIpc) is 2.66. The van der Waals surface area contributed by atoms with Gasteiger partial charge in [0.1, 0.15) is 0 Å². The van der Waals surface area contributed by atoms with Crippen molar-refractivity contribution in [1.82, 2.24) is 4.90 Å². The van der Waals surface area contributed by atoms with Gasteiger partial charge in [-0.2, -0.15) is 0 Å². The largest absolute Gasteiger partial charge is 0.465 e. The SMILES string of the molecule is COC(=O)c1ccc(Cl)c(NC(=O)CN(CCC2=CCCCC2)C(C)=O)c1. The first-order valence-corrected chi connectivity index (χ1v) is 9.39. The van der Waals surface area contributed by atoms with Crippen LogP contribution in [0.1, 0.15) is 49.4 Å². The number of carbonyl (C=O) groups is 3. The molecule has 2 amide bonds. The fourth-order valence-corrected chi connectivity index (χ4v) is 3.15. The molecule has 0 bridgehead atoms. The molecule has 0 saturated carbocycles. The molecule has 146 valence electrons. The van der Waals surface area contributed by atoms with Crippen molar-refractivity contribution in [3.05, 3.63) is 40.4 Å². The Hall–Kier alpha value is -2.34. The highest BCUT2D eigenvalue weighted by atomic mass is 35.5. The van der Waals surface area contributed by atoms with Crippen molar-refractivity contribution in [2.24, 2.45) is 0 Å². The van der Waals surface area contributed by atoms with Crippen molar-refractivity contribution in [2.75, 3.05) is 25.5 Å². The summed E-state index contributed by atoms with van der Waals surface area (Å²) in [6, 6.07) is 4.49. The van der Waals surface area contributed by atoms with E-state index in [1.807, 2.05) is 0 Å². The van der Waals surface area contributed by atoms with Crippen LogP contribution < -0.4 is 5.32 Å². The van der Waals surface area contributed by atoms with Gasteiger partial charge >= 0.3 is 5.97 Å². The van der Waals surface area contributed by atoms with Crippen molar-refractivity contribution in [1.29, 1.82) is 0 Å². The number of halogens is 1. The monoisotopic (exact) mass is 392 g/mol. The molecule has 0 heterocycles. The van der Waals surface area contributed by atoms with Gasteiger partial charge in [-0.15, -0.1) is 0 Å². The number of esters is 1. The molecule has 1 aliphatic rings. The lowest BCUT2D eigenvalue weighted by Gasteiger charge is -2.22. The van der Waals surface area contributed by atoms with E-state index in [2.05, 4.69) is 16.1 Å². The summed E-state index contributed by atoms with van der Waals surface area (Å²) in [4.78, 5) is 37.4. The van der Waals surface area contributed by atoms with E-state index in [4.69, 9.17) is 11.6 Å². The van der Waals surface area contributed by atoms with Crippen LogP contribution in [0.4, 0.5) is 5.69 Å². The number of amides is 2. The molecule has 1 aliphatic carbocycles. The molecule has 27 heavy (non-hydrogen) atoms. The summed E-state index contributed by atoms with van der Waals surface area (Å²) in [6.07, 6.45) is 7.57. The van der Waals surface area contributed by atoms with Crippen LogP contribution in [0.15, 0.2) is 29.8 Å². The quantitative estimate of drug-likeness (QED) is 0.565. The molecular formula is C20H25ClN2O4. The summed E-state index contributed by atoms with van der Waals surface area (Å²) in [5.41, 5.74) is 1.94. The van der Waals surface area contributed by atoms with E-state index in [0.717, 1.165) is 19.3 Å². The molecule has 6 nitrogen and oxygen atoms in total. The van der Waals surface area contributed by atoms with Crippen molar-refractivity contribution in [3.63, 3.8) is 0 Å². The van der Waals surface area contributed by atoms with Gasteiger partial charge < -0.3 is 15.0 Å². The number of rotatable bonds is 7. The predicted molar refractivity (Wildman–Crippen MR) is 105 cm³/mol. The lowest BCUT2D eigenvalue weighted by Crippen LogP contribution is -2.37. The van der Waals surface area contributed by atoms with Crippen molar-refractivity contribution in [3.8, 4) is 0 Å². The molecule has 2 rings (SSSR count). The van der Waals surface area contributed by atoms with Crippen LogP contribution in [0.25, 0.3) is 0 Å². The number of hydrogen-bond acceptors (Lipinski definition) is 4. The Morgan fingerprint density at radius 1 is 1.26 bits per heavy atom. The number of methoxy groups -OCH3 is 1. The minimum absolute atomic E-state index is 0.0681. The molecule has 0 fully saturated rings. The maximum atomic E-state index is 12.4. The normalized spacial score (nSPS) is 13.5. The van der Waals surface area contributed by atoms with Gasteiger partial charge in [-0.3, -0.25) is 9.59 Å². The lowest BCUT2D eigenvalue weighted by molar-refractivity contribution is -0.132. The Balaban J connectivity index is 1.98.